The van der Waals surface area contributed by atoms with Gasteiger partial charge in [0.05, 0.1) is 52.4 Å². The molecule has 3 heterocycles. The van der Waals surface area contributed by atoms with Gasteiger partial charge in [-0.25, -0.2) is 4.68 Å². The van der Waals surface area contributed by atoms with E-state index in [1.165, 1.54) is 36.7 Å². The smallest absolute Gasteiger partial charge is 0.262 e. The quantitative estimate of drug-likeness (QED) is 0.0894. The van der Waals surface area contributed by atoms with Crippen LogP contribution in [0.25, 0.3) is 16.8 Å². The van der Waals surface area contributed by atoms with Crippen LogP contribution in [-0.4, -0.2) is 127 Å². The van der Waals surface area contributed by atoms with Gasteiger partial charge in [0.25, 0.3) is 5.91 Å². The molecular formula is C35H46N6O9. The molecule has 1 aromatic heterocycles. The summed E-state index contributed by atoms with van der Waals surface area (Å²) in [4.78, 5) is 15.0. The zero-order valence-electron chi connectivity index (χ0n) is 28.2. The van der Waals surface area contributed by atoms with E-state index in [2.05, 4.69) is 38.7 Å². The van der Waals surface area contributed by atoms with Crippen LogP contribution in [0.1, 0.15) is 30.5 Å². The number of nitrogens with zero attached hydrogens (tertiary/aromatic N) is 5. The third kappa shape index (κ3) is 10.3. The molecule has 5 unspecified atom stereocenters. The molecule has 0 radical (unpaired) electrons. The number of fused-ring (bicyclic) bond motifs is 1. The van der Waals surface area contributed by atoms with Gasteiger partial charge in [0.15, 0.2) is 6.29 Å². The molecule has 270 valence electrons. The van der Waals surface area contributed by atoms with Gasteiger partial charge in [-0.2, -0.15) is 5.26 Å². The summed E-state index contributed by atoms with van der Waals surface area (Å²) in [7, 11) is 1.34. The van der Waals surface area contributed by atoms with Gasteiger partial charge in [0, 0.05) is 32.4 Å². The van der Waals surface area contributed by atoms with Crippen molar-refractivity contribution in [3.63, 3.8) is 0 Å². The molecule has 5 atom stereocenters. The SMILES string of the molecule is COC1OC(Cn2cc(COCCOCCOCCNC(=O)C(C#N)=Cc3ccc4cc(N5CCCCC5)ccc4c3)nn2)C(O)C(O)C1O. The van der Waals surface area contributed by atoms with Crippen molar-refractivity contribution in [3.05, 3.63) is 59.4 Å². The van der Waals surface area contributed by atoms with E-state index in [9.17, 15) is 25.4 Å². The summed E-state index contributed by atoms with van der Waals surface area (Å²) in [6.07, 6.45) is 0.944. The van der Waals surface area contributed by atoms with Crippen LogP contribution < -0.4 is 10.2 Å². The molecule has 1 amide bonds. The molecule has 15 heteroatoms. The molecule has 15 nitrogen and oxygen atoms in total. The minimum absolute atomic E-state index is 0.0259. The zero-order valence-corrected chi connectivity index (χ0v) is 28.2. The highest BCUT2D eigenvalue weighted by atomic mass is 16.7. The largest absolute Gasteiger partial charge is 0.388 e. The number of hydrogen-bond donors (Lipinski definition) is 4. The van der Waals surface area contributed by atoms with E-state index < -0.39 is 36.6 Å². The Hall–Kier alpha value is -3.98. The molecule has 0 spiro atoms. The minimum atomic E-state index is -1.41. The van der Waals surface area contributed by atoms with Crippen LogP contribution in [-0.2, 0) is 41.6 Å². The lowest BCUT2D eigenvalue weighted by atomic mass is 9.99. The minimum Gasteiger partial charge on any atom is -0.388 e. The summed E-state index contributed by atoms with van der Waals surface area (Å²) in [6, 6.07) is 14.4. The summed E-state index contributed by atoms with van der Waals surface area (Å²) < 4.78 is 28.6. The van der Waals surface area contributed by atoms with E-state index in [1.54, 1.807) is 12.3 Å². The number of carbonyl (C=O) groups is 1. The Morgan fingerprint density at radius 2 is 1.70 bits per heavy atom. The third-order valence-electron chi connectivity index (χ3n) is 8.63. The lowest BCUT2D eigenvalue weighted by Gasteiger charge is -2.39. The van der Waals surface area contributed by atoms with E-state index in [0.29, 0.717) is 32.1 Å². The fraction of sp³-hybridized carbons (Fsp3) is 0.543. The fourth-order valence-corrected chi connectivity index (χ4v) is 5.89. The zero-order chi connectivity index (χ0) is 35.3. The van der Waals surface area contributed by atoms with E-state index in [4.69, 9.17) is 23.7 Å². The van der Waals surface area contributed by atoms with Crippen LogP contribution in [0.3, 0.4) is 0 Å². The number of aliphatic hydroxyl groups excluding tert-OH is 3. The first-order valence-electron chi connectivity index (χ1n) is 16.9. The van der Waals surface area contributed by atoms with Gasteiger partial charge < -0.3 is 49.2 Å². The van der Waals surface area contributed by atoms with Crippen molar-refractivity contribution in [2.75, 3.05) is 64.7 Å². The maximum Gasteiger partial charge on any atom is 0.262 e. The van der Waals surface area contributed by atoms with Gasteiger partial charge in [-0.15, -0.1) is 5.10 Å². The molecule has 5 rings (SSSR count). The number of anilines is 1. The standard InChI is InChI=1S/C35H46N6O9/c1-46-35-33(44)32(43)31(42)30(50-35)22-41-21-28(38-39-41)23-49-16-15-48-14-13-47-12-9-37-34(45)27(20-36)18-24-5-6-26-19-29(8-7-25(26)17-24)40-10-3-2-4-11-40/h5-8,17-19,21,30-33,35,42-44H,2-4,9-16,22-23H2,1H3,(H,37,45). The topological polar surface area (TPSA) is 194 Å². The lowest BCUT2D eigenvalue weighted by Crippen LogP contribution is -2.58. The summed E-state index contributed by atoms with van der Waals surface area (Å²) in [6.45, 7) is 4.28. The van der Waals surface area contributed by atoms with Gasteiger partial charge >= 0.3 is 0 Å². The second-order valence-electron chi connectivity index (χ2n) is 12.2. The maximum atomic E-state index is 12.6. The summed E-state index contributed by atoms with van der Waals surface area (Å²) in [5.74, 6) is -0.455. The Morgan fingerprint density at radius 3 is 2.46 bits per heavy atom. The van der Waals surface area contributed by atoms with Crippen molar-refractivity contribution in [2.24, 2.45) is 0 Å². The number of ether oxygens (including phenoxy) is 5. The number of aromatic nitrogens is 3. The highest BCUT2D eigenvalue weighted by Crippen LogP contribution is 2.26. The van der Waals surface area contributed by atoms with Gasteiger partial charge in [-0.05, 0) is 59.9 Å². The van der Waals surface area contributed by atoms with Crippen molar-refractivity contribution in [2.45, 2.75) is 63.1 Å². The Balaban J connectivity index is 0.920. The highest BCUT2D eigenvalue weighted by molar-refractivity contribution is 6.02. The molecule has 0 saturated carbocycles. The van der Waals surface area contributed by atoms with Gasteiger partial charge in [0.1, 0.15) is 41.8 Å². The first kappa shape index (κ1) is 37.3. The average molecular weight is 695 g/mol. The average Bonchev–Trinajstić information content (AvgIpc) is 3.59. The summed E-state index contributed by atoms with van der Waals surface area (Å²) in [5.41, 5.74) is 2.60. The molecule has 50 heavy (non-hydrogen) atoms. The Kier molecular flexibility index (Phi) is 14.1. The molecule has 2 fully saturated rings. The van der Waals surface area contributed by atoms with E-state index >= 15 is 0 Å². The number of hydrogen-bond acceptors (Lipinski definition) is 13. The van der Waals surface area contributed by atoms with Crippen LogP contribution in [0.5, 0.6) is 0 Å². The summed E-state index contributed by atoms with van der Waals surface area (Å²) in [5, 5.41) is 52.7. The number of benzene rings is 2. The maximum absolute atomic E-state index is 12.6. The molecular weight excluding hydrogens is 648 g/mol. The first-order valence-corrected chi connectivity index (χ1v) is 16.9. The van der Waals surface area contributed by atoms with Crippen LogP contribution in [0.15, 0.2) is 48.2 Å². The number of amides is 1. The molecule has 2 aliphatic heterocycles. The predicted molar refractivity (Wildman–Crippen MR) is 182 cm³/mol. The molecule has 0 aliphatic carbocycles. The molecule has 2 aromatic carbocycles. The number of nitriles is 1. The van der Waals surface area contributed by atoms with E-state index in [-0.39, 0.29) is 31.9 Å². The number of piperidine rings is 1. The van der Waals surface area contributed by atoms with Gasteiger partial charge in [0.2, 0.25) is 0 Å². The van der Waals surface area contributed by atoms with Gasteiger partial charge in [-0.3, -0.25) is 4.79 Å². The second kappa shape index (κ2) is 18.9. The van der Waals surface area contributed by atoms with E-state index in [1.807, 2.05) is 24.3 Å². The van der Waals surface area contributed by atoms with Crippen molar-refractivity contribution >= 4 is 28.4 Å². The van der Waals surface area contributed by atoms with Crippen molar-refractivity contribution in [1.29, 1.82) is 5.26 Å². The van der Waals surface area contributed by atoms with Crippen LogP contribution in [0, 0.1) is 11.3 Å². The molecule has 2 saturated heterocycles. The molecule has 2 aliphatic rings. The fourth-order valence-electron chi connectivity index (χ4n) is 5.89. The van der Waals surface area contributed by atoms with Crippen LogP contribution >= 0.6 is 0 Å². The van der Waals surface area contributed by atoms with Crippen molar-refractivity contribution in [3.8, 4) is 6.07 Å². The number of carbonyl (C=O) groups excluding carboxylic acids is 1. The highest BCUT2D eigenvalue weighted by Gasteiger charge is 2.44. The van der Waals surface area contributed by atoms with Gasteiger partial charge in [-0.1, -0.05) is 23.4 Å². The molecule has 0 bridgehead atoms. The lowest BCUT2D eigenvalue weighted by molar-refractivity contribution is -0.292. The second-order valence-corrected chi connectivity index (χ2v) is 12.2. The number of nitrogens with one attached hydrogen (secondary N) is 1. The van der Waals surface area contributed by atoms with Crippen LogP contribution in [0.2, 0.25) is 0 Å². The predicted octanol–water partition coefficient (Wildman–Crippen LogP) is 1.15. The Morgan fingerprint density at radius 1 is 0.980 bits per heavy atom. The van der Waals surface area contributed by atoms with Crippen LogP contribution in [0.4, 0.5) is 5.69 Å². The van der Waals surface area contributed by atoms with E-state index in [0.717, 1.165) is 29.4 Å². The van der Waals surface area contributed by atoms with Crippen molar-refractivity contribution < 1.29 is 43.8 Å². The van der Waals surface area contributed by atoms with Crippen molar-refractivity contribution in [1.82, 2.24) is 20.3 Å². The first-order chi connectivity index (χ1) is 24.4. The monoisotopic (exact) mass is 694 g/mol. The Bertz CT molecular complexity index is 1600. The number of aliphatic hydroxyl groups is 3. The molecule has 4 N–H and O–H groups in total. The molecule has 3 aromatic rings. The third-order valence-corrected chi connectivity index (χ3v) is 8.63. The summed E-state index contributed by atoms with van der Waals surface area (Å²) >= 11 is 0. The number of rotatable bonds is 17. The normalized spacial score (nSPS) is 22.8. The number of methoxy groups -OCH3 is 1. The Labute approximate surface area is 290 Å².